The topological polar surface area (TPSA) is 347 Å². The average Bonchev–Trinajstić information content (AvgIpc) is 3.75. The fourth-order valence-electron chi connectivity index (χ4n) is 4.72. The number of aromatic amines is 2. The van der Waals surface area contributed by atoms with Crippen LogP contribution in [0.1, 0.15) is 12.5 Å². The van der Waals surface area contributed by atoms with Gasteiger partial charge in [0.05, 0.1) is 37.2 Å². The van der Waals surface area contributed by atoms with Crippen LogP contribution >= 0.6 is 0 Å². The number of carboxylic acids is 2. The Kier molecular flexibility index (Phi) is 13.5. The third kappa shape index (κ3) is 7.28. The zero-order chi connectivity index (χ0) is 32.0. The van der Waals surface area contributed by atoms with Crippen LogP contribution in [0.4, 0.5) is 0 Å². The number of carboxylic acid groups (broad SMARTS) is 2. The molecule has 0 saturated carbocycles. The Morgan fingerprint density at radius 3 is 1.37 bits per heavy atom. The fourth-order valence-corrected chi connectivity index (χ4v) is 4.72. The van der Waals surface area contributed by atoms with Crippen LogP contribution in [0.5, 0.6) is 0 Å². The Morgan fingerprint density at radius 1 is 0.696 bits per heavy atom. The van der Waals surface area contributed by atoms with Crippen LogP contribution < -0.4 is 124 Å². The number of fused-ring (bicyclic) bond motifs is 2. The summed E-state index contributed by atoms with van der Waals surface area (Å²) in [6.07, 6.45) is -11.9. The van der Waals surface area contributed by atoms with Crippen LogP contribution in [0.2, 0.25) is 0 Å². The van der Waals surface area contributed by atoms with Gasteiger partial charge in [-0.3, -0.25) is 18.7 Å². The van der Waals surface area contributed by atoms with Gasteiger partial charge in [0.15, 0.2) is 34.8 Å². The molecule has 0 bridgehead atoms. The van der Waals surface area contributed by atoms with Crippen molar-refractivity contribution in [3.8, 4) is 0 Å². The normalized spacial score (nSPS) is 28.5. The molecule has 22 nitrogen and oxygen atoms in total. The first-order valence-electron chi connectivity index (χ1n) is 12.4. The molecular formula is C22H22K2N8O14. The SMILES string of the molecule is O=C([O-])C(O)[C@H]1O[C@@H](n2cnc3c(=O)[nH]cnc32)[C@H](O)[C@@H]1O.O=C([O-])C(O)[C@H]1O[C@@H](n2cnc3c(=O)[nH]cnc32)[C@H](O)[C@@H]1O.[K+].[K+]. The van der Waals surface area contributed by atoms with Crippen molar-refractivity contribution < 1.29 is 163 Å². The Morgan fingerprint density at radius 2 is 1.04 bits per heavy atom. The molecule has 0 radical (unpaired) electrons. The Bertz CT molecular complexity index is 1680. The Hall–Kier alpha value is -1.41. The van der Waals surface area contributed by atoms with Crippen LogP contribution in [0.3, 0.4) is 0 Å². The van der Waals surface area contributed by atoms with Crippen molar-refractivity contribution in [1.82, 2.24) is 39.0 Å². The molecule has 6 rings (SSSR count). The number of hydrogen-bond acceptors (Lipinski definition) is 18. The van der Waals surface area contributed by atoms with E-state index in [9.17, 15) is 60.0 Å². The molecule has 10 atom stereocenters. The van der Waals surface area contributed by atoms with Crippen molar-refractivity contribution in [1.29, 1.82) is 0 Å². The van der Waals surface area contributed by atoms with Gasteiger partial charge in [0.1, 0.15) is 48.8 Å². The first-order chi connectivity index (χ1) is 20.8. The van der Waals surface area contributed by atoms with Crippen molar-refractivity contribution in [2.24, 2.45) is 0 Å². The molecule has 4 aromatic heterocycles. The number of ether oxygens (including phenoxy) is 2. The summed E-state index contributed by atoms with van der Waals surface area (Å²) in [5, 5.41) is 79.9. The number of hydrogen-bond donors (Lipinski definition) is 8. The zero-order valence-electron chi connectivity index (χ0n) is 23.7. The number of nitrogens with zero attached hydrogens (tertiary/aromatic N) is 6. The van der Waals surface area contributed by atoms with Crippen molar-refractivity contribution in [3.63, 3.8) is 0 Å². The molecule has 4 aromatic rings. The number of aromatic nitrogens is 8. The van der Waals surface area contributed by atoms with Gasteiger partial charge >= 0.3 is 103 Å². The smallest absolute Gasteiger partial charge is 0.547 e. The molecule has 46 heavy (non-hydrogen) atoms. The summed E-state index contributed by atoms with van der Waals surface area (Å²) in [6.45, 7) is 0. The maximum absolute atomic E-state index is 11.6. The number of carbonyl (C=O) groups excluding carboxylic acids is 2. The number of carbonyl (C=O) groups is 2. The first-order valence-corrected chi connectivity index (χ1v) is 12.4. The molecule has 0 spiro atoms. The maximum atomic E-state index is 11.6. The minimum Gasteiger partial charge on any atom is -0.547 e. The Labute approximate surface area is 338 Å². The van der Waals surface area contributed by atoms with Gasteiger partial charge in [0.2, 0.25) is 0 Å². The van der Waals surface area contributed by atoms with Crippen molar-refractivity contribution in [2.45, 2.75) is 61.3 Å². The number of H-pyrrole nitrogens is 2. The monoisotopic (exact) mass is 700 g/mol. The van der Waals surface area contributed by atoms with Crippen LogP contribution in [-0.2, 0) is 19.1 Å². The van der Waals surface area contributed by atoms with E-state index in [-0.39, 0.29) is 125 Å². The third-order valence-electron chi connectivity index (χ3n) is 6.93. The molecular weight excluding hydrogens is 678 g/mol. The summed E-state index contributed by atoms with van der Waals surface area (Å²) >= 11 is 0. The van der Waals surface area contributed by atoms with Crippen LogP contribution in [0.15, 0.2) is 34.9 Å². The van der Waals surface area contributed by atoms with E-state index in [1.54, 1.807) is 0 Å². The molecule has 2 aliphatic rings. The summed E-state index contributed by atoms with van der Waals surface area (Å²) in [6, 6.07) is 0. The number of aliphatic hydroxyl groups is 6. The van der Waals surface area contributed by atoms with Crippen LogP contribution in [0.25, 0.3) is 22.3 Å². The summed E-state index contributed by atoms with van der Waals surface area (Å²) in [7, 11) is 0. The number of rotatable bonds is 6. The van der Waals surface area contributed by atoms with Gasteiger partial charge in [-0.05, 0) is 0 Å². The molecule has 0 aromatic carbocycles. The van der Waals surface area contributed by atoms with E-state index in [0.717, 1.165) is 25.3 Å². The zero-order valence-corrected chi connectivity index (χ0v) is 30.0. The summed E-state index contributed by atoms with van der Waals surface area (Å²) in [5.41, 5.74) is -0.910. The van der Waals surface area contributed by atoms with Gasteiger partial charge < -0.3 is 69.9 Å². The van der Waals surface area contributed by atoms with Gasteiger partial charge in [0, 0.05) is 0 Å². The summed E-state index contributed by atoms with van der Waals surface area (Å²) < 4.78 is 12.7. The largest absolute Gasteiger partial charge is 1.00 e. The molecule has 24 heteroatoms. The maximum Gasteiger partial charge on any atom is 1.00 e. The summed E-state index contributed by atoms with van der Waals surface area (Å²) in [5.74, 6) is -3.69. The fraction of sp³-hybridized carbons (Fsp3) is 0.455. The molecule has 6 heterocycles. The van der Waals surface area contributed by atoms with Crippen molar-refractivity contribution in [3.05, 3.63) is 46.0 Å². The predicted molar refractivity (Wildman–Crippen MR) is 130 cm³/mol. The number of aliphatic hydroxyl groups excluding tert-OH is 6. The van der Waals surface area contributed by atoms with Gasteiger partial charge in [-0.25, -0.2) is 19.9 Å². The van der Waals surface area contributed by atoms with Gasteiger partial charge in [-0.2, -0.15) is 0 Å². The van der Waals surface area contributed by atoms with E-state index >= 15 is 0 Å². The molecule has 0 amide bonds. The van der Waals surface area contributed by atoms with Gasteiger partial charge in [-0.15, -0.1) is 0 Å². The molecule has 2 saturated heterocycles. The standard InChI is InChI=1S/2C11H12N4O7.2K/c2*16-4-5(17)10(22-7(4)6(18)11(20)21)15-2-14-3-8(15)12-1-13-9(3)19;;/h2*1-2,4-7,10,16-18H,(H,20,21)(H,12,13,19);;/q;;2*+1/p-2/t2*4-,5+,6?,7-,10+;;/m00../s1. The Balaban J connectivity index is 0.000000240. The second kappa shape index (κ2) is 15.9. The number of imidazole rings is 2. The van der Waals surface area contributed by atoms with E-state index in [1.165, 1.54) is 9.13 Å². The van der Waals surface area contributed by atoms with Crippen molar-refractivity contribution in [2.75, 3.05) is 0 Å². The predicted octanol–water partition coefficient (Wildman–Crippen LogP) is -14.3. The molecule has 2 fully saturated rings. The quantitative estimate of drug-likeness (QED) is 0.0865. The number of nitrogens with one attached hydrogen (secondary N) is 2. The van der Waals surface area contributed by atoms with E-state index in [2.05, 4.69) is 29.9 Å². The van der Waals surface area contributed by atoms with Crippen molar-refractivity contribution >= 4 is 34.3 Å². The van der Waals surface area contributed by atoms with E-state index in [1.807, 2.05) is 0 Å². The van der Waals surface area contributed by atoms with Crippen LogP contribution in [-0.4, -0.2) is 130 Å². The molecule has 2 unspecified atom stereocenters. The molecule has 8 N–H and O–H groups in total. The average molecular weight is 701 g/mol. The van der Waals surface area contributed by atoms with E-state index in [0.29, 0.717) is 0 Å². The summed E-state index contributed by atoms with van der Waals surface area (Å²) in [4.78, 5) is 64.5. The van der Waals surface area contributed by atoms with Gasteiger partial charge in [-0.1, -0.05) is 0 Å². The third-order valence-corrected chi connectivity index (χ3v) is 6.93. The molecule has 236 valence electrons. The van der Waals surface area contributed by atoms with E-state index < -0.39 is 84.3 Å². The minimum absolute atomic E-state index is 0. The molecule has 2 aliphatic heterocycles. The second-order valence-electron chi connectivity index (χ2n) is 9.58. The molecule has 0 aliphatic carbocycles. The second-order valence-corrected chi connectivity index (χ2v) is 9.58. The number of aliphatic carboxylic acids is 2. The van der Waals surface area contributed by atoms with Gasteiger partial charge in [0.25, 0.3) is 11.1 Å². The minimum atomic E-state index is -2.12. The first kappa shape index (κ1) is 39.0. The van der Waals surface area contributed by atoms with E-state index in [4.69, 9.17) is 9.47 Å². The van der Waals surface area contributed by atoms with Crippen LogP contribution in [0, 0.1) is 0 Å².